The Labute approximate surface area is 164 Å². The highest BCUT2D eigenvalue weighted by molar-refractivity contribution is 6.11. The van der Waals surface area contributed by atoms with Gasteiger partial charge in [-0.3, -0.25) is 19.4 Å². The molecule has 2 heterocycles. The molecule has 0 saturated carbocycles. The van der Waals surface area contributed by atoms with E-state index in [1.54, 1.807) is 17.0 Å². The Morgan fingerprint density at radius 1 is 1.14 bits per heavy atom. The molecule has 2 N–H and O–H groups in total. The minimum Gasteiger partial charge on any atom is -0.508 e. The molecular weight excluding hydrogens is 354 g/mol. The molecule has 2 aliphatic rings. The zero-order valence-electron chi connectivity index (χ0n) is 15.8. The van der Waals surface area contributed by atoms with Gasteiger partial charge in [-0.05, 0) is 48.7 Å². The molecule has 2 aromatic rings. The van der Waals surface area contributed by atoms with Gasteiger partial charge in [-0.15, -0.1) is 0 Å². The quantitative estimate of drug-likeness (QED) is 0.863. The van der Waals surface area contributed by atoms with Gasteiger partial charge in [0, 0.05) is 13.1 Å². The van der Waals surface area contributed by atoms with Gasteiger partial charge in [0.2, 0.25) is 11.8 Å². The van der Waals surface area contributed by atoms with Crippen molar-refractivity contribution in [3.63, 3.8) is 0 Å². The van der Waals surface area contributed by atoms with Gasteiger partial charge < -0.3 is 10.4 Å². The number of phenolic OH excluding ortho intramolecular Hbond substituents is 1. The second kappa shape index (κ2) is 7.48. The second-order valence-electron chi connectivity index (χ2n) is 7.19. The van der Waals surface area contributed by atoms with Crippen LogP contribution in [0.1, 0.15) is 18.9 Å². The van der Waals surface area contributed by atoms with E-state index in [2.05, 4.69) is 16.3 Å². The molecule has 2 aliphatic heterocycles. The molecule has 1 atom stereocenters. The minimum absolute atomic E-state index is 0.0443. The fourth-order valence-corrected chi connectivity index (χ4v) is 3.79. The fraction of sp³-hybridized carbons (Fsp3) is 0.273. The van der Waals surface area contributed by atoms with Crippen molar-refractivity contribution in [2.75, 3.05) is 29.9 Å². The van der Waals surface area contributed by atoms with Crippen LogP contribution in [0, 0.1) is 0 Å². The predicted molar refractivity (Wildman–Crippen MR) is 109 cm³/mol. The summed E-state index contributed by atoms with van der Waals surface area (Å²) in [7, 11) is 0. The summed E-state index contributed by atoms with van der Waals surface area (Å²) in [6.07, 6.45) is 2.97. The number of hydrogen-bond donors (Lipinski definition) is 2. The van der Waals surface area contributed by atoms with E-state index in [0.717, 1.165) is 24.2 Å². The van der Waals surface area contributed by atoms with Crippen LogP contribution in [0.4, 0.5) is 11.4 Å². The van der Waals surface area contributed by atoms with Crippen LogP contribution in [-0.2, 0) is 9.59 Å². The molecule has 0 spiro atoms. The van der Waals surface area contributed by atoms with Crippen LogP contribution in [0.25, 0.3) is 5.57 Å². The summed E-state index contributed by atoms with van der Waals surface area (Å²) >= 11 is 0. The van der Waals surface area contributed by atoms with Crippen LogP contribution in [0.3, 0.4) is 0 Å². The van der Waals surface area contributed by atoms with Crippen molar-refractivity contribution in [1.82, 2.24) is 4.90 Å². The smallest absolute Gasteiger partial charge is 0.244 e. The molecular formula is C22H23N3O3. The molecule has 0 aliphatic carbocycles. The number of hydrogen-bond acceptors (Lipinski definition) is 4. The van der Waals surface area contributed by atoms with Gasteiger partial charge in [0.1, 0.15) is 12.3 Å². The minimum atomic E-state index is -0.323. The van der Waals surface area contributed by atoms with E-state index in [1.165, 1.54) is 5.57 Å². The highest BCUT2D eigenvalue weighted by atomic mass is 16.3. The van der Waals surface area contributed by atoms with Crippen molar-refractivity contribution in [3.8, 4) is 5.75 Å². The monoisotopic (exact) mass is 377 g/mol. The third-order valence-corrected chi connectivity index (χ3v) is 5.42. The molecule has 6 heteroatoms. The molecule has 6 nitrogen and oxygen atoms in total. The Morgan fingerprint density at radius 2 is 1.89 bits per heavy atom. The standard InChI is InChI=1S/C22H23N3O3/c1-15(22(28)25-14-21(27)23-19-4-2-3-5-20(19)25)24-12-10-17(11-13-24)16-6-8-18(26)9-7-16/h2-10,15,26H,11-14H2,1H3,(H,23,27). The lowest BCUT2D eigenvalue weighted by atomic mass is 9.98. The van der Waals surface area contributed by atoms with Crippen molar-refractivity contribution < 1.29 is 14.7 Å². The number of amides is 2. The van der Waals surface area contributed by atoms with E-state index in [1.807, 2.05) is 43.3 Å². The average molecular weight is 377 g/mol. The molecule has 1 unspecified atom stereocenters. The highest BCUT2D eigenvalue weighted by Crippen LogP contribution is 2.30. The van der Waals surface area contributed by atoms with Crippen LogP contribution >= 0.6 is 0 Å². The van der Waals surface area contributed by atoms with Gasteiger partial charge in [-0.25, -0.2) is 0 Å². The number of rotatable bonds is 3. The number of carbonyl (C=O) groups excluding carboxylic acids is 2. The van der Waals surface area contributed by atoms with E-state index >= 15 is 0 Å². The summed E-state index contributed by atoms with van der Waals surface area (Å²) in [5.74, 6) is 0.0167. The Kier molecular flexibility index (Phi) is 4.88. The molecule has 2 aromatic carbocycles. The Bertz CT molecular complexity index is 936. The van der Waals surface area contributed by atoms with E-state index < -0.39 is 0 Å². The Morgan fingerprint density at radius 3 is 2.61 bits per heavy atom. The second-order valence-corrected chi connectivity index (χ2v) is 7.19. The van der Waals surface area contributed by atoms with Crippen LogP contribution in [-0.4, -0.2) is 47.5 Å². The molecule has 144 valence electrons. The molecule has 0 radical (unpaired) electrons. The number of fused-ring (bicyclic) bond motifs is 1. The van der Waals surface area contributed by atoms with Gasteiger partial charge >= 0.3 is 0 Å². The van der Waals surface area contributed by atoms with Crippen molar-refractivity contribution in [1.29, 1.82) is 0 Å². The molecule has 4 rings (SSSR count). The lowest BCUT2D eigenvalue weighted by Gasteiger charge is -2.36. The van der Waals surface area contributed by atoms with Crippen LogP contribution in [0.5, 0.6) is 5.75 Å². The number of aromatic hydroxyl groups is 1. The summed E-state index contributed by atoms with van der Waals surface area (Å²) in [6, 6.07) is 14.3. The topological polar surface area (TPSA) is 72.9 Å². The molecule has 2 amide bonds. The van der Waals surface area contributed by atoms with Gasteiger partial charge in [-0.2, -0.15) is 0 Å². The van der Waals surface area contributed by atoms with Crippen molar-refractivity contribution in [2.45, 2.75) is 19.4 Å². The molecule has 0 fully saturated rings. The SMILES string of the molecule is CC(C(=O)N1CC(=O)Nc2ccccc21)N1CC=C(c2ccc(O)cc2)CC1. The third-order valence-electron chi connectivity index (χ3n) is 5.42. The first-order valence-electron chi connectivity index (χ1n) is 9.45. The normalized spacial score (nSPS) is 18.1. The molecule has 0 aromatic heterocycles. The van der Waals surface area contributed by atoms with Gasteiger partial charge in [-0.1, -0.05) is 30.3 Å². The first-order chi connectivity index (χ1) is 13.5. The first kappa shape index (κ1) is 18.3. The van der Waals surface area contributed by atoms with Crippen LogP contribution in [0.15, 0.2) is 54.6 Å². The zero-order valence-corrected chi connectivity index (χ0v) is 15.8. The molecule has 0 saturated heterocycles. The summed E-state index contributed by atoms with van der Waals surface area (Å²) < 4.78 is 0. The number of carbonyl (C=O) groups is 2. The maximum absolute atomic E-state index is 13.2. The zero-order chi connectivity index (χ0) is 19.7. The third kappa shape index (κ3) is 3.51. The maximum atomic E-state index is 13.2. The number of benzene rings is 2. The molecule has 28 heavy (non-hydrogen) atoms. The van der Waals surface area contributed by atoms with Crippen molar-refractivity contribution >= 4 is 28.8 Å². The number of anilines is 2. The van der Waals surface area contributed by atoms with E-state index in [-0.39, 0.29) is 30.2 Å². The van der Waals surface area contributed by atoms with E-state index in [4.69, 9.17) is 0 Å². The van der Waals surface area contributed by atoms with Gasteiger partial charge in [0.05, 0.1) is 17.4 Å². The van der Waals surface area contributed by atoms with Gasteiger partial charge in [0.25, 0.3) is 0 Å². The number of phenols is 1. The van der Waals surface area contributed by atoms with Crippen LogP contribution < -0.4 is 10.2 Å². The maximum Gasteiger partial charge on any atom is 0.244 e. The number of nitrogens with zero attached hydrogens (tertiary/aromatic N) is 2. The Balaban J connectivity index is 1.48. The summed E-state index contributed by atoms with van der Waals surface area (Å²) in [5.41, 5.74) is 3.74. The summed E-state index contributed by atoms with van der Waals surface area (Å²) in [4.78, 5) is 28.9. The van der Waals surface area contributed by atoms with Crippen LogP contribution in [0.2, 0.25) is 0 Å². The van der Waals surface area contributed by atoms with E-state index in [9.17, 15) is 14.7 Å². The first-order valence-corrected chi connectivity index (χ1v) is 9.45. The summed E-state index contributed by atoms with van der Waals surface area (Å²) in [5, 5.41) is 12.3. The largest absolute Gasteiger partial charge is 0.508 e. The number of nitrogens with one attached hydrogen (secondary N) is 1. The van der Waals surface area contributed by atoms with Crippen molar-refractivity contribution in [2.24, 2.45) is 0 Å². The summed E-state index contributed by atoms with van der Waals surface area (Å²) in [6.45, 7) is 3.38. The predicted octanol–water partition coefficient (Wildman–Crippen LogP) is 2.86. The highest BCUT2D eigenvalue weighted by Gasteiger charge is 2.32. The lowest BCUT2D eigenvalue weighted by Crippen LogP contribution is -2.52. The lowest BCUT2D eigenvalue weighted by molar-refractivity contribution is -0.125. The Hall–Kier alpha value is -3.12. The van der Waals surface area contributed by atoms with Crippen molar-refractivity contribution in [3.05, 3.63) is 60.2 Å². The average Bonchev–Trinajstić information content (AvgIpc) is 2.73. The molecule has 0 bridgehead atoms. The van der Waals surface area contributed by atoms with Gasteiger partial charge in [0.15, 0.2) is 0 Å². The number of para-hydroxylation sites is 2. The van der Waals surface area contributed by atoms with E-state index in [0.29, 0.717) is 12.2 Å². The fourth-order valence-electron chi connectivity index (χ4n) is 3.79.